The summed E-state index contributed by atoms with van der Waals surface area (Å²) in [6.07, 6.45) is 2.16. The lowest BCUT2D eigenvalue weighted by molar-refractivity contribution is 0.778. The van der Waals surface area contributed by atoms with Gasteiger partial charge in [0.2, 0.25) is 0 Å². The van der Waals surface area contributed by atoms with Crippen LogP contribution in [-0.4, -0.2) is 10.9 Å². The van der Waals surface area contributed by atoms with Gasteiger partial charge in [-0.1, -0.05) is 19.4 Å². The van der Waals surface area contributed by atoms with Gasteiger partial charge in [0.05, 0.1) is 11.2 Å². The van der Waals surface area contributed by atoms with E-state index in [1.54, 1.807) is 11.3 Å². The van der Waals surface area contributed by atoms with Crippen molar-refractivity contribution in [1.82, 2.24) is 4.98 Å². The van der Waals surface area contributed by atoms with Crippen molar-refractivity contribution < 1.29 is 0 Å². The van der Waals surface area contributed by atoms with Gasteiger partial charge in [-0.2, -0.15) is 0 Å². The highest BCUT2D eigenvalue weighted by Crippen LogP contribution is 2.20. The number of thiazole rings is 1. The van der Waals surface area contributed by atoms with Crippen LogP contribution in [0.5, 0.6) is 0 Å². The standard InChI is InChI=1S/C10H14ClNS/c1-7(2)9(5-11)4-10-8(3)12-6-13-10/h4,6-7H,5H2,1-3H3. The van der Waals surface area contributed by atoms with Crippen molar-refractivity contribution in [3.05, 3.63) is 21.7 Å². The molecule has 0 aliphatic rings. The molecule has 0 unspecified atom stereocenters. The molecule has 0 radical (unpaired) electrons. The molecule has 0 atom stereocenters. The lowest BCUT2D eigenvalue weighted by Crippen LogP contribution is -1.94. The second kappa shape index (κ2) is 4.77. The molecule has 1 rings (SSSR count). The van der Waals surface area contributed by atoms with Crippen LogP contribution in [0.25, 0.3) is 6.08 Å². The van der Waals surface area contributed by atoms with Crippen LogP contribution in [0.2, 0.25) is 0 Å². The van der Waals surface area contributed by atoms with Crippen LogP contribution >= 0.6 is 22.9 Å². The summed E-state index contributed by atoms with van der Waals surface area (Å²) in [5.41, 5.74) is 4.23. The summed E-state index contributed by atoms with van der Waals surface area (Å²) in [5, 5.41) is 0. The number of allylic oxidation sites excluding steroid dienone is 1. The Morgan fingerprint density at radius 3 is 2.77 bits per heavy atom. The Kier molecular flexibility index (Phi) is 3.94. The quantitative estimate of drug-likeness (QED) is 0.701. The number of aromatic nitrogens is 1. The first-order valence-corrected chi connectivity index (χ1v) is 5.73. The van der Waals surface area contributed by atoms with Gasteiger partial charge < -0.3 is 0 Å². The van der Waals surface area contributed by atoms with Gasteiger partial charge in [0, 0.05) is 10.8 Å². The summed E-state index contributed by atoms with van der Waals surface area (Å²) in [6.45, 7) is 6.34. The maximum absolute atomic E-state index is 5.85. The van der Waals surface area contributed by atoms with Crippen molar-refractivity contribution in [3.8, 4) is 0 Å². The number of hydrogen-bond acceptors (Lipinski definition) is 2. The molecule has 13 heavy (non-hydrogen) atoms. The van der Waals surface area contributed by atoms with Crippen LogP contribution in [0.15, 0.2) is 11.1 Å². The third-order valence-corrected chi connectivity index (χ3v) is 3.18. The second-order valence-electron chi connectivity index (χ2n) is 3.31. The van der Waals surface area contributed by atoms with Crippen molar-refractivity contribution in [3.63, 3.8) is 0 Å². The first-order valence-electron chi connectivity index (χ1n) is 4.31. The van der Waals surface area contributed by atoms with Crippen LogP contribution < -0.4 is 0 Å². The van der Waals surface area contributed by atoms with Gasteiger partial charge >= 0.3 is 0 Å². The molecular weight excluding hydrogens is 202 g/mol. The van der Waals surface area contributed by atoms with E-state index in [1.807, 2.05) is 12.4 Å². The van der Waals surface area contributed by atoms with Gasteiger partial charge in [-0.3, -0.25) is 0 Å². The monoisotopic (exact) mass is 215 g/mol. The third kappa shape index (κ3) is 2.82. The Bertz CT molecular complexity index is 302. The van der Waals surface area contributed by atoms with Gasteiger partial charge in [-0.25, -0.2) is 4.98 Å². The normalized spacial score (nSPS) is 12.5. The maximum atomic E-state index is 5.85. The molecule has 0 N–H and O–H groups in total. The molecule has 72 valence electrons. The van der Waals surface area contributed by atoms with Crippen LogP contribution in [0.3, 0.4) is 0 Å². The molecule has 1 aromatic heterocycles. The van der Waals surface area contributed by atoms with Gasteiger partial charge in [0.1, 0.15) is 0 Å². The summed E-state index contributed by atoms with van der Waals surface area (Å²) in [5.74, 6) is 1.12. The average molecular weight is 216 g/mol. The lowest BCUT2D eigenvalue weighted by atomic mass is 10.0. The zero-order valence-electron chi connectivity index (χ0n) is 8.17. The summed E-state index contributed by atoms with van der Waals surface area (Å²) in [4.78, 5) is 5.42. The first-order chi connectivity index (χ1) is 6.15. The number of alkyl halides is 1. The van der Waals surface area contributed by atoms with E-state index in [1.165, 1.54) is 10.5 Å². The zero-order valence-corrected chi connectivity index (χ0v) is 9.75. The highest BCUT2D eigenvalue weighted by atomic mass is 35.5. The number of nitrogens with zero attached hydrogens (tertiary/aromatic N) is 1. The Balaban J connectivity index is 2.91. The first kappa shape index (κ1) is 10.7. The van der Waals surface area contributed by atoms with Crippen molar-refractivity contribution in [1.29, 1.82) is 0 Å². The third-order valence-electron chi connectivity index (χ3n) is 1.99. The number of aryl methyl sites for hydroxylation is 1. The SMILES string of the molecule is Cc1ncsc1C=C(CCl)C(C)C. The Hall–Kier alpha value is -0.340. The molecule has 0 aromatic carbocycles. The summed E-state index contributed by atoms with van der Waals surface area (Å²) >= 11 is 7.51. The van der Waals surface area contributed by atoms with Gasteiger partial charge in [-0.15, -0.1) is 22.9 Å². The van der Waals surface area contributed by atoms with Crippen molar-refractivity contribution in [2.75, 3.05) is 5.88 Å². The van der Waals surface area contributed by atoms with E-state index in [0.717, 1.165) is 5.69 Å². The van der Waals surface area contributed by atoms with Gasteiger partial charge in [0.25, 0.3) is 0 Å². The van der Waals surface area contributed by atoms with Crippen molar-refractivity contribution in [2.45, 2.75) is 20.8 Å². The second-order valence-corrected chi connectivity index (χ2v) is 4.46. The minimum Gasteiger partial charge on any atom is -0.249 e. The zero-order chi connectivity index (χ0) is 9.84. The van der Waals surface area contributed by atoms with Crippen LogP contribution in [0, 0.1) is 12.8 Å². The van der Waals surface area contributed by atoms with E-state index in [4.69, 9.17) is 11.6 Å². The molecule has 0 saturated carbocycles. The van der Waals surface area contributed by atoms with E-state index in [-0.39, 0.29) is 0 Å². The predicted molar refractivity (Wildman–Crippen MR) is 60.4 cm³/mol. The molecule has 0 amide bonds. The Labute approximate surface area is 88.5 Å². The molecule has 1 nitrogen and oxygen atoms in total. The summed E-state index contributed by atoms with van der Waals surface area (Å²) in [6, 6.07) is 0. The lowest BCUT2D eigenvalue weighted by Gasteiger charge is -2.06. The fraction of sp³-hybridized carbons (Fsp3) is 0.500. The molecule has 0 saturated heterocycles. The van der Waals surface area contributed by atoms with Gasteiger partial charge in [-0.05, 0) is 18.9 Å². The topological polar surface area (TPSA) is 12.9 Å². The molecular formula is C10H14ClNS. The minimum absolute atomic E-state index is 0.513. The Morgan fingerprint density at radius 2 is 2.38 bits per heavy atom. The Morgan fingerprint density at radius 1 is 1.69 bits per heavy atom. The van der Waals surface area contributed by atoms with E-state index in [0.29, 0.717) is 11.8 Å². The molecule has 0 spiro atoms. The van der Waals surface area contributed by atoms with E-state index < -0.39 is 0 Å². The molecule has 0 aliphatic carbocycles. The highest BCUT2D eigenvalue weighted by Gasteiger charge is 2.04. The average Bonchev–Trinajstić information content (AvgIpc) is 2.46. The van der Waals surface area contributed by atoms with E-state index in [2.05, 4.69) is 24.9 Å². The highest BCUT2D eigenvalue weighted by molar-refractivity contribution is 7.10. The van der Waals surface area contributed by atoms with E-state index in [9.17, 15) is 0 Å². The van der Waals surface area contributed by atoms with E-state index >= 15 is 0 Å². The maximum Gasteiger partial charge on any atom is 0.0801 e. The fourth-order valence-corrected chi connectivity index (χ4v) is 2.13. The summed E-state index contributed by atoms with van der Waals surface area (Å²) in [7, 11) is 0. The van der Waals surface area contributed by atoms with Crippen LogP contribution in [0.4, 0.5) is 0 Å². The molecule has 0 aliphatic heterocycles. The predicted octanol–water partition coefficient (Wildman–Crippen LogP) is 3.73. The summed E-state index contributed by atoms with van der Waals surface area (Å²) < 4.78 is 0. The minimum atomic E-state index is 0.513. The smallest absolute Gasteiger partial charge is 0.0801 e. The molecule has 0 bridgehead atoms. The van der Waals surface area contributed by atoms with Crippen molar-refractivity contribution in [2.24, 2.45) is 5.92 Å². The molecule has 3 heteroatoms. The molecule has 1 aromatic rings. The molecule has 1 heterocycles. The van der Waals surface area contributed by atoms with Crippen LogP contribution in [0.1, 0.15) is 24.4 Å². The number of hydrogen-bond donors (Lipinski definition) is 0. The number of halogens is 1. The fourth-order valence-electron chi connectivity index (χ4n) is 0.977. The molecule has 0 fully saturated rings. The van der Waals surface area contributed by atoms with Crippen LogP contribution in [-0.2, 0) is 0 Å². The van der Waals surface area contributed by atoms with Crippen molar-refractivity contribution >= 4 is 29.0 Å². The number of rotatable bonds is 3. The van der Waals surface area contributed by atoms with Gasteiger partial charge in [0.15, 0.2) is 0 Å². The largest absolute Gasteiger partial charge is 0.249 e.